The Hall–Kier alpha value is -1.21. The molecule has 0 N–H and O–H groups in total. The molecule has 0 bridgehead atoms. The van der Waals surface area contributed by atoms with E-state index in [0.717, 1.165) is 5.56 Å². The van der Waals surface area contributed by atoms with Crippen LogP contribution in [0.25, 0.3) is 0 Å². The van der Waals surface area contributed by atoms with Gasteiger partial charge in [-0.1, -0.05) is 11.6 Å². The van der Waals surface area contributed by atoms with Gasteiger partial charge in [0, 0.05) is 25.1 Å². The summed E-state index contributed by atoms with van der Waals surface area (Å²) in [6.07, 6.45) is 1.56. The Balaban J connectivity index is 2.23. The van der Waals surface area contributed by atoms with Gasteiger partial charge in [0.25, 0.3) is 0 Å². The van der Waals surface area contributed by atoms with E-state index in [1.807, 2.05) is 0 Å². The highest BCUT2D eigenvalue weighted by molar-refractivity contribution is 7.86. The van der Waals surface area contributed by atoms with E-state index in [1.54, 1.807) is 19.2 Å². The lowest BCUT2D eigenvalue weighted by molar-refractivity contribution is -0.117. The van der Waals surface area contributed by atoms with Gasteiger partial charge in [0.05, 0.1) is 11.4 Å². The van der Waals surface area contributed by atoms with Crippen molar-refractivity contribution in [3.8, 4) is 0 Å². The van der Waals surface area contributed by atoms with Crippen molar-refractivity contribution in [1.82, 2.24) is 4.98 Å². The van der Waals surface area contributed by atoms with Gasteiger partial charge in [0.15, 0.2) is 5.15 Å². The summed E-state index contributed by atoms with van der Waals surface area (Å²) in [6, 6.07) is 1.69. The van der Waals surface area contributed by atoms with Gasteiger partial charge in [-0.25, -0.2) is 4.98 Å². The van der Waals surface area contributed by atoms with E-state index in [0.29, 0.717) is 5.69 Å². The second-order valence-electron chi connectivity index (χ2n) is 4.60. The number of rotatable bonds is 3. The zero-order valence-electron chi connectivity index (χ0n) is 10.1. The molecule has 2 rings (SSSR count). The lowest BCUT2D eigenvalue weighted by Crippen LogP contribution is -2.26. The number of carbonyl (C=O) groups is 1. The molecule has 104 valence electrons. The third-order valence-electron chi connectivity index (χ3n) is 2.89. The van der Waals surface area contributed by atoms with Crippen molar-refractivity contribution >= 4 is 33.4 Å². The molecule has 1 aromatic heterocycles. The highest BCUT2D eigenvalue weighted by atomic mass is 35.5. The Bertz CT molecular complexity index is 620. The van der Waals surface area contributed by atoms with Gasteiger partial charge in [-0.2, -0.15) is 8.42 Å². The number of hydrogen-bond acceptors (Lipinski definition) is 4. The van der Waals surface area contributed by atoms with E-state index >= 15 is 0 Å². The number of amides is 1. The summed E-state index contributed by atoms with van der Waals surface area (Å²) in [5.74, 6) is -1.48. The number of hydrogen-bond donors (Lipinski definition) is 0. The zero-order valence-corrected chi connectivity index (χ0v) is 11.7. The molecule has 0 aliphatic carbocycles. The molecule has 19 heavy (non-hydrogen) atoms. The molecule has 2 heterocycles. The van der Waals surface area contributed by atoms with Crippen molar-refractivity contribution < 1.29 is 17.1 Å². The lowest BCUT2D eigenvalue weighted by Gasteiger charge is -2.17. The van der Waals surface area contributed by atoms with Crippen LogP contribution in [0.4, 0.5) is 9.57 Å². The van der Waals surface area contributed by atoms with Crippen LogP contribution >= 0.6 is 11.6 Å². The molecule has 1 amide bonds. The van der Waals surface area contributed by atoms with Crippen LogP contribution < -0.4 is 4.90 Å². The number of anilines is 1. The van der Waals surface area contributed by atoms with Gasteiger partial charge in [0.2, 0.25) is 5.91 Å². The van der Waals surface area contributed by atoms with Crippen molar-refractivity contribution in [3.05, 3.63) is 23.0 Å². The van der Waals surface area contributed by atoms with Gasteiger partial charge in [-0.3, -0.25) is 4.79 Å². The fourth-order valence-electron chi connectivity index (χ4n) is 2.13. The molecule has 1 fully saturated rings. The SMILES string of the molecule is Cc1cnc(Cl)c(N2CC(CS(=O)(=O)F)CC2=O)c1. The highest BCUT2D eigenvalue weighted by Crippen LogP contribution is 2.31. The van der Waals surface area contributed by atoms with Gasteiger partial charge in [-0.15, -0.1) is 3.89 Å². The Labute approximate surface area is 115 Å². The minimum Gasteiger partial charge on any atom is -0.309 e. The van der Waals surface area contributed by atoms with Crippen LogP contribution in [0.3, 0.4) is 0 Å². The van der Waals surface area contributed by atoms with E-state index in [-0.39, 0.29) is 24.0 Å². The molecule has 1 atom stereocenters. The summed E-state index contributed by atoms with van der Waals surface area (Å²) in [7, 11) is -4.58. The summed E-state index contributed by atoms with van der Waals surface area (Å²) in [6.45, 7) is 1.93. The van der Waals surface area contributed by atoms with E-state index < -0.39 is 21.9 Å². The van der Waals surface area contributed by atoms with Crippen LogP contribution in [0.5, 0.6) is 0 Å². The highest BCUT2D eigenvalue weighted by Gasteiger charge is 2.34. The quantitative estimate of drug-likeness (QED) is 0.629. The molecule has 8 heteroatoms. The number of nitrogens with zero attached hydrogens (tertiary/aromatic N) is 2. The molecular formula is C11H12ClFN2O3S. The summed E-state index contributed by atoms with van der Waals surface area (Å²) in [5.41, 5.74) is 1.26. The zero-order chi connectivity index (χ0) is 14.2. The second-order valence-corrected chi connectivity index (χ2v) is 6.37. The minimum atomic E-state index is -4.58. The molecule has 1 unspecified atom stereocenters. The average Bonchev–Trinajstić information content (AvgIpc) is 2.60. The third-order valence-corrected chi connectivity index (χ3v) is 4.05. The maximum atomic E-state index is 12.6. The van der Waals surface area contributed by atoms with Crippen LogP contribution in [0.2, 0.25) is 5.15 Å². The minimum absolute atomic E-state index is 0.00653. The predicted octanol–water partition coefficient (Wildman–Crippen LogP) is 1.70. The van der Waals surface area contributed by atoms with Gasteiger partial charge in [-0.05, 0) is 18.6 Å². The van der Waals surface area contributed by atoms with Gasteiger partial charge < -0.3 is 4.90 Å². The van der Waals surface area contributed by atoms with Gasteiger partial charge >= 0.3 is 10.2 Å². The predicted molar refractivity (Wildman–Crippen MR) is 69.3 cm³/mol. The standard InChI is InChI=1S/C11H12ClFN2O3S/c1-7-2-9(11(12)14-4-7)15-5-8(3-10(15)16)6-19(13,17)18/h2,4,8H,3,5-6H2,1H3. The first-order valence-electron chi connectivity index (χ1n) is 5.61. The molecule has 0 radical (unpaired) electrons. The van der Waals surface area contributed by atoms with Crippen LogP contribution in [0.15, 0.2) is 12.3 Å². The largest absolute Gasteiger partial charge is 0.309 e. The topological polar surface area (TPSA) is 67.3 Å². The number of halogens is 2. The van der Waals surface area contributed by atoms with Crippen molar-refractivity contribution in [2.24, 2.45) is 5.92 Å². The van der Waals surface area contributed by atoms with E-state index in [2.05, 4.69) is 4.98 Å². The summed E-state index contributed by atoms with van der Waals surface area (Å²) in [4.78, 5) is 17.2. The number of aromatic nitrogens is 1. The van der Waals surface area contributed by atoms with Gasteiger partial charge in [0.1, 0.15) is 0 Å². The van der Waals surface area contributed by atoms with Crippen LogP contribution in [0, 0.1) is 12.8 Å². The van der Waals surface area contributed by atoms with Crippen LogP contribution in [-0.2, 0) is 15.0 Å². The molecule has 0 spiro atoms. The molecule has 1 aromatic rings. The van der Waals surface area contributed by atoms with Crippen molar-refractivity contribution in [2.45, 2.75) is 13.3 Å². The second kappa shape index (κ2) is 5.05. The molecule has 1 saturated heterocycles. The monoisotopic (exact) mass is 306 g/mol. The van der Waals surface area contributed by atoms with E-state index in [1.165, 1.54) is 4.90 Å². The maximum absolute atomic E-state index is 12.6. The average molecular weight is 307 g/mol. The lowest BCUT2D eigenvalue weighted by atomic mass is 10.1. The smallest absolute Gasteiger partial charge is 0.302 e. The Morgan fingerprint density at radius 1 is 1.58 bits per heavy atom. The van der Waals surface area contributed by atoms with E-state index in [4.69, 9.17) is 11.6 Å². The Kier molecular flexibility index (Phi) is 3.78. The fourth-order valence-corrected chi connectivity index (χ4v) is 3.13. The summed E-state index contributed by atoms with van der Waals surface area (Å²) in [5, 5.41) is 0.169. The normalized spacial score (nSPS) is 20.1. The molecular weight excluding hydrogens is 295 g/mol. The first-order chi connectivity index (χ1) is 8.76. The molecule has 0 saturated carbocycles. The number of aryl methyl sites for hydroxylation is 1. The van der Waals surface area contributed by atoms with Crippen LogP contribution in [0.1, 0.15) is 12.0 Å². The Morgan fingerprint density at radius 2 is 2.26 bits per heavy atom. The molecule has 5 nitrogen and oxygen atoms in total. The first kappa shape index (κ1) is 14.2. The summed E-state index contributed by atoms with van der Waals surface area (Å²) < 4.78 is 33.9. The number of carbonyl (C=O) groups excluding carboxylic acids is 1. The Morgan fingerprint density at radius 3 is 2.89 bits per heavy atom. The molecule has 1 aliphatic heterocycles. The van der Waals surface area contributed by atoms with Crippen molar-refractivity contribution in [2.75, 3.05) is 17.2 Å². The van der Waals surface area contributed by atoms with Crippen LogP contribution in [-0.4, -0.2) is 31.6 Å². The van der Waals surface area contributed by atoms with E-state index in [9.17, 15) is 17.1 Å². The van der Waals surface area contributed by atoms with Crippen molar-refractivity contribution in [3.63, 3.8) is 0 Å². The fraction of sp³-hybridized carbons (Fsp3) is 0.455. The molecule has 0 aromatic carbocycles. The number of pyridine rings is 1. The first-order valence-corrected chi connectivity index (χ1v) is 7.54. The molecule has 1 aliphatic rings. The maximum Gasteiger partial charge on any atom is 0.302 e. The van der Waals surface area contributed by atoms with Crippen molar-refractivity contribution in [1.29, 1.82) is 0 Å². The summed E-state index contributed by atoms with van der Waals surface area (Å²) >= 11 is 5.93. The third kappa shape index (κ3) is 3.42.